The van der Waals surface area contributed by atoms with Crippen LogP contribution in [0.3, 0.4) is 0 Å². The number of morpholine rings is 1. The van der Waals surface area contributed by atoms with Crippen LogP contribution in [0.5, 0.6) is 0 Å². The van der Waals surface area contributed by atoms with Crippen LogP contribution in [0.2, 0.25) is 0 Å². The molecule has 5 heteroatoms. The third kappa shape index (κ3) is 3.81. The summed E-state index contributed by atoms with van der Waals surface area (Å²) >= 11 is 0. The highest BCUT2D eigenvalue weighted by atomic mass is 16.5. The van der Waals surface area contributed by atoms with Crippen LogP contribution >= 0.6 is 0 Å². The van der Waals surface area contributed by atoms with Crippen LogP contribution < -0.4 is 0 Å². The van der Waals surface area contributed by atoms with E-state index in [4.69, 9.17) is 9.15 Å². The van der Waals surface area contributed by atoms with E-state index in [9.17, 15) is 0 Å². The maximum atomic E-state index is 5.41. The number of ether oxygens (including phenoxy) is 1. The van der Waals surface area contributed by atoms with E-state index < -0.39 is 0 Å². The van der Waals surface area contributed by atoms with Gasteiger partial charge in [0.25, 0.3) is 0 Å². The fourth-order valence-corrected chi connectivity index (χ4v) is 3.19. The number of hydrogen-bond donors (Lipinski definition) is 0. The number of hydrogen-bond acceptors (Lipinski definition) is 5. The van der Waals surface area contributed by atoms with Crippen molar-refractivity contribution in [3.63, 3.8) is 0 Å². The Labute approximate surface area is 120 Å². The SMILES string of the molecule is Cc1nc(CN2CCC(CN3CCOCC3)CC2)co1. The van der Waals surface area contributed by atoms with Crippen LogP contribution in [0.4, 0.5) is 0 Å². The van der Waals surface area contributed by atoms with Crippen molar-refractivity contribution in [1.29, 1.82) is 0 Å². The molecule has 0 bridgehead atoms. The summed E-state index contributed by atoms with van der Waals surface area (Å²) in [6.07, 6.45) is 4.39. The fraction of sp³-hybridized carbons (Fsp3) is 0.800. The average molecular weight is 279 g/mol. The predicted molar refractivity (Wildman–Crippen MR) is 76.5 cm³/mol. The molecule has 0 unspecified atom stereocenters. The average Bonchev–Trinajstić information content (AvgIpc) is 2.88. The lowest BCUT2D eigenvalue weighted by Crippen LogP contribution is -2.42. The lowest BCUT2D eigenvalue weighted by molar-refractivity contribution is 0.0241. The van der Waals surface area contributed by atoms with Crippen LogP contribution in [0, 0.1) is 12.8 Å². The van der Waals surface area contributed by atoms with Crippen molar-refractivity contribution in [2.45, 2.75) is 26.3 Å². The number of likely N-dealkylation sites (tertiary alicyclic amines) is 1. The lowest BCUT2D eigenvalue weighted by Gasteiger charge is -2.35. The Kier molecular flexibility index (Phi) is 4.70. The van der Waals surface area contributed by atoms with E-state index in [0.29, 0.717) is 0 Å². The van der Waals surface area contributed by atoms with Gasteiger partial charge in [-0.1, -0.05) is 0 Å². The fourth-order valence-electron chi connectivity index (χ4n) is 3.19. The van der Waals surface area contributed by atoms with Gasteiger partial charge in [-0.15, -0.1) is 0 Å². The Morgan fingerprint density at radius 2 is 1.90 bits per heavy atom. The summed E-state index contributed by atoms with van der Waals surface area (Å²) in [5.41, 5.74) is 1.06. The summed E-state index contributed by atoms with van der Waals surface area (Å²) in [6.45, 7) is 10.5. The first-order chi connectivity index (χ1) is 9.79. The van der Waals surface area contributed by atoms with Gasteiger partial charge in [0.2, 0.25) is 0 Å². The number of oxazole rings is 1. The van der Waals surface area contributed by atoms with E-state index in [1.807, 2.05) is 6.92 Å². The quantitative estimate of drug-likeness (QED) is 0.836. The van der Waals surface area contributed by atoms with Crippen LogP contribution in [-0.4, -0.2) is 60.7 Å². The molecule has 1 aromatic rings. The molecule has 5 nitrogen and oxygen atoms in total. The molecule has 0 aromatic carbocycles. The molecule has 1 aromatic heterocycles. The van der Waals surface area contributed by atoms with Crippen LogP contribution in [0.25, 0.3) is 0 Å². The largest absolute Gasteiger partial charge is 0.449 e. The second-order valence-electron chi connectivity index (χ2n) is 5.99. The number of rotatable bonds is 4. The van der Waals surface area contributed by atoms with Gasteiger partial charge in [-0.2, -0.15) is 0 Å². The molecule has 0 amide bonds. The molecule has 3 rings (SSSR count). The van der Waals surface area contributed by atoms with E-state index in [1.54, 1.807) is 6.26 Å². The highest BCUT2D eigenvalue weighted by molar-refractivity contribution is 4.95. The monoisotopic (exact) mass is 279 g/mol. The van der Waals surface area contributed by atoms with Crippen molar-refractivity contribution < 1.29 is 9.15 Å². The van der Waals surface area contributed by atoms with Gasteiger partial charge in [-0.05, 0) is 31.8 Å². The topological polar surface area (TPSA) is 41.7 Å². The van der Waals surface area contributed by atoms with Crippen molar-refractivity contribution in [3.05, 3.63) is 17.8 Å². The first-order valence-corrected chi connectivity index (χ1v) is 7.73. The Morgan fingerprint density at radius 3 is 2.55 bits per heavy atom. The van der Waals surface area contributed by atoms with Crippen LogP contribution in [0.15, 0.2) is 10.7 Å². The molecule has 2 fully saturated rings. The zero-order valence-electron chi connectivity index (χ0n) is 12.4. The minimum atomic E-state index is 0.766. The third-order valence-corrected chi connectivity index (χ3v) is 4.38. The molecule has 0 atom stereocenters. The van der Waals surface area contributed by atoms with Gasteiger partial charge in [-0.25, -0.2) is 4.98 Å². The number of aryl methyl sites for hydroxylation is 1. The molecular formula is C15H25N3O2. The molecule has 3 heterocycles. The van der Waals surface area contributed by atoms with Gasteiger partial charge >= 0.3 is 0 Å². The number of aromatic nitrogens is 1. The molecule has 2 saturated heterocycles. The van der Waals surface area contributed by atoms with Gasteiger partial charge in [0.05, 0.1) is 18.9 Å². The maximum absolute atomic E-state index is 5.41. The molecule has 2 aliphatic rings. The Bertz CT molecular complexity index is 407. The van der Waals surface area contributed by atoms with Crippen molar-refractivity contribution in [2.75, 3.05) is 45.9 Å². The summed E-state index contributed by atoms with van der Waals surface area (Å²) < 4.78 is 10.7. The second kappa shape index (κ2) is 6.70. The summed E-state index contributed by atoms with van der Waals surface area (Å²) in [4.78, 5) is 9.44. The molecule has 0 spiro atoms. The van der Waals surface area contributed by atoms with E-state index >= 15 is 0 Å². The van der Waals surface area contributed by atoms with E-state index in [0.717, 1.165) is 50.4 Å². The van der Waals surface area contributed by atoms with Gasteiger partial charge in [0, 0.05) is 33.1 Å². The lowest BCUT2D eigenvalue weighted by atomic mass is 9.96. The highest BCUT2D eigenvalue weighted by Gasteiger charge is 2.22. The smallest absolute Gasteiger partial charge is 0.191 e. The summed E-state index contributed by atoms with van der Waals surface area (Å²) in [6, 6.07) is 0. The molecule has 0 saturated carbocycles. The van der Waals surface area contributed by atoms with Crippen LogP contribution in [0.1, 0.15) is 24.4 Å². The maximum Gasteiger partial charge on any atom is 0.191 e. The van der Waals surface area contributed by atoms with Gasteiger partial charge in [0.1, 0.15) is 6.26 Å². The van der Waals surface area contributed by atoms with Crippen molar-refractivity contribution in [1.82, 2.24) is 14.8 Å². The summed E-state index contributed by atoms with van der Waals surface area (Å²) in [5, 5.41) is 0. The molecule has 2 aliphatic heterocycles. The Balaban J connectivity index is 1.40. The Morgan fingerprint density at radius 1 is 1.15 bits per heavy atom. The van der Waals surface area contributed by atoms with Crippen molar-refractivity contribution >= 4 is 0 Å². The van der Waals surface area contributed by atoms with Gasteiger partial charge in [0.15, 0.2) is 5.89 Å². The molecule has 0 radical (unpaired) electrons. The third-order valence-electron chi connectivity index (χ3n) is 4.38. The highest BCUT2D eigenvalue weighted by Crippen LogP contribution is 2.20. The second-order valence-corrected chi connectivity index (χ2v) is 5.99. The first-order valence-electron chi connectivity index (χ1n) is 7.73. The standard InChI is InChI=1S/C15H25N3O2/c1-13-16-15(12-20-13)11-17-4-2-14(3-5-17)10-18-6-8-19-9-7-18/h12,14H,2-11H2,1H3. The molecular weight excluding hydrogens is 254 g/mol. The molecule has 20 heavy (non-hydrogen) atoms. The number of nitrogens with zero attached hydrogens (tertiary/aromatic N) is 3. The predicted octanol–water partition coefficient (Wildman–Crippen LogP) is 1.53. The minimum Gasteiger partial charge on any atom is -0.449 e. The van der Waals surface area contributed by atoms with Crippen molar-refractivity contribution in [2.24, 2.45) is 5.92 Å². The molecule has 112 valence electrons. The van der Waals surface area contributed by atoms with E-state index in [-0.39, 0.29) is 0 Å². The summed E-state index contributed by atoms with van der Waals surface area (Å²) in [7, 11) is 0. The normalized spacial score (nSPS) is 23.2. The number of piperidine rings is 1. The summed E-state index contributed by atoms with van der Waals surface area (Å²) in [5.74, 6) is 1.62. The van der Waals surface area contributed by atoms with Crippen LogP contribution in [-0.2, 0) is 11.3 Å². The molecule has 0 N–H and O–H groups in total. The van der Waals surface area contributed by atoms with Gasteiger partial charge < -0.3 is 9.15 Å². The minimum absolute atomic E-state index is 0.766. The van der Waals surface area contributed by atoms with Crippen molar-refractivity contribution in [3.8, 4) is 0 Å². The zero-order valence-corrected chi connectivity index (χ0v) is 12.4. The molecule has 0 aliphatic carbocycles. The zero-order chi connectivity index (χ0) is 13.8. The van der Waals surface area contributed by atoms with E-state index in [1.165, 1.54) is 32.5 Å². The Hall–Kier alpha value is -0.910. The van der Waals surface area contributed by atoms with Gasteiger partial charge in [-0.3, -0.25) is 9.80 Å². The first kappa shape index (κ1) is 14.0. The van der Waals surface area contributed by atoms with E-state index in [2.05, 4.69) is 14.8 Å².